The fourth-order valence-corrected chi connectivity index (χ4v) is 3.45. The van der Waals surface area contributed by atoms with E-state index in [1.165, 1.54) is 31.5 Å². The molecule has 1 saturated heterocycles. The van der Waals surface area contributed by atoms with Gasteiger partial charge in [-0.1, -0.05) is 23.7 Å². The number of halogens is 1. The smallest absolute Gasteiger partial charge is 0.175 e. The van der Waals surface area contributed by atoms with Crippen molar-refractivity contribution >= 4 is 40.3 Å². The van der Waals surface area contributed by atoms with E-state index in [0.29, 0.717) is 5.11 Å². The van der Waals surface area contributed by atoms with Crippen LogP contribution in [0.15, 0.2) is 42.5 Å². The molecule has 0 amide bonds. The first-order chi connectivity index (χ1) is 11.6. The normalized spacial score (nSPS) is 14.6. The fraction of sp³-hybridized carbons (Fsp3) is 0.316. The van der Waals surface area contributed by atoms with E-state index < -0.39 is 0 Å². The van der Waals surface area contributed by atoms with E-state index in [-0.39, 0.29) is 0 Å². The summed E-state index contributed by atoms with van der Waals surface area (Å²) in [6, 6.07) is 14.2. The zero-order valence-electron chi connectivity index (χ0n) is 13.8. The van der Waals surface area contributed by atoms with Crippen LogP contribution in [0, 0.1) is 6.92 Å². The Hall–Kier alpha value is -1.62. The van der Waals surface area contributed by atoms with Crippen LogP contribution in [0.1, 0.15) is 24.0 Å². The number of nitrogens with zero attached hydrogens (tertiary/aromatic N) is 1. The predicted octanol–water partition coefficient (Wildman–Crippen LogP) is 5.05. The molecule has 3 rings (SSSR count). The third kappa shape index (κ3) is 4.69. The second-order valence-corrected chi connectivity index (χ2v) is 7.07. The summed E-state index contributed by atoms with van der Waals surface area (Å²) in [7, 11) is 0. The van der Waals surface area contributed by atoms with Crippen molar-refractivity contribution in [3.8, 4) is 0 Å². The Balaban J connectivity index is 1.61. The number of benzene rings is 2. The molecule has 5 heteroatoms. The van der Waals surface area contributed by atoms with Crippen molar-refractivity contribution in [2.24, 2.45) is 0 Å². The minimum absolute atomic E-state index is 0.582. The molecule has 0 radical (unpaired) electrons. The second-order valence-electron chi connectivity index (χ2n) is 6.22. The molecule has 0 spiro atoms. The molecule has 0 unspecified atom stereocenters. The van der Waals surface area contributed by atoms with Crippen molar-refractivity contribution < 1.29 is 0 Å². The molecule has 0 aromatic heterocycles. The topological polar surface area (TPSA) is 27.3 Å². The Morgan fingerprint density at radius 1 is 1.12 bits per heavy atom. The van der Waals surface area contributed by atoms with E-state index in [2.05, 4.69) is 33.7 Å². The van der Waals surface area contributed by atoms with Crippen LogP contribution in [-0.4, -0.2) is 23.1 Å². The monoisotopic (exact) mass is 359 g/mol. The van der Waals surface area contributed by atoms with Crippen LogP contribution in [-0.2, 0) is 6.54 Å². The molecular formula is C19H22ClN3S. The average molecular weight is 360 g/mol. The first kappa shape index (κ1) is 17.2. The molecular weight excluding hydrogens is 338 g/mol. The Bertz CT molecular complexity index is 726. The predicted molar refractivity (Wildman–Crippen MR) is 107 cm³/mol. The molecule has 2 aromatic carbocycles. The summed E-state index contributed by atoms with van der Waals surface area (Å²) in [5.74, 6) is 0. The number of hydrogen-bond acceptors (Lipinski definition) is 2. The van der Waals surface area contributed by atoms with E-state index in [0.717, 1.165) is 28.5 Å². The first-order valence-electron chi connectivity index (χ1n) is 8.25. The summed E-state index contributed by atoms with van der Waals surface area (Å²) in [5.41, 5.74) is 4.35. The summed E-state index contributed by atoms with van der Waals surface area (Å²) >= 11 is 11.4. The minimum atomic E-state index is 0.582. The third-order valence-electron chi connectivity index (χ3n) is 4.23. The molecule has 1 aliphatic heterocycles. The number of rotatable bonds is 4. The lowest BCUT2D eigenvalue weighted by molar-refractivity contribution is 0.331. The lowest BCUT2D eigenvalue weighted by Gasteiger charge is -2.16. The van der Waals surface area contributed by atoms with E-state index in [9.17, 15) is 0 Å². The molecule has 126 valence electrons. The van der Waals surface area contributed by atoms with Gasteiger partial charge in [0.25, 0.3) is 0 Å². The van der Waals surface area contributed by atoms with Crippen molar-refractivity contribution in [3.05, 3.63) is 58.6 Å². The molecule has 1 aliphatic rings. The highest BCUT2D eigenvalue weighted by Crippen LogP contribution is 2.20. The molecule has 0 aliphatic carbocycles. The molecule has 0 bridgehead atoms. The van der Waals surface area contributed by atoms with Gasteiger partial charge in [0.1, 0.15) is 0 Å². The Morgan fingerprint density at radius 2 is 1.92 bits per heavy atom. The molecule has 0 atom stereocenters. The molecule has 2 N–H and O–H groups in total. The third-order valence-corrected chi connectivity index (χ3v) is 4.67. The van der Waals surface area contributed by atoms with Gasteiger partial charge in [-0.15, -0.1) is 0 Å². The van der Waals surface area contributed by atoms with Gasteiger partial charge in [-0.2, -0.15) is 0 Å². The van der Waals surface area contributed by atoms with E-state index in [1.54, 1.807) is 0 Å². The van der Waals surface area contributed by atoms with Crippen molar-refractivity contribution in [2.75, 3.05) is 23.7 Å². The lowest BCUT2D eigenvalue weighted by atomic mass is 10.2. The number of anilines is 2. The van der Waals surface area contributed by atoms with Crippen molar-refractivity contribution in [1.29, 1.82) is 0 Å². The highest BCUT2D eigenvalue weighted by atomic mass is 35.5. The summed E-state index contributed by atoms with van der Waals surface area (Å²) in [4.78, 5) is 2.49. The summed E-state index contributed by atoms with van der Waals surface area (Å²) < 4.78 is 0. The van der Waals surface area contributed by atoms with Crippen LogP contribution in [0.25, 0.3) is 0 Å². The van der Waals surface area contributed by atoms with Crippen LogP contribution < -0.4 is 10.6 Å². The van der Waals surface area contributed by atoms with Gasteiger partial charge in [0.05, 0.1) is 0 Å². The number of likely N-dealkylation sites (tertiary alicyclic amines) is 1. The quantitative estimate of drug-likeness (QED) is 0.747. The summed E-state index contributed by atoms with van der Waals surface area (Å²) in [6.07, 6.45) is 2.62. The zero-order chi connectivity index (χ0) is 16.9. The molecule has 0 saturated carbocycles. The molecule has 3 nitrogen and oxygen atoms in total. The molecule has 2 aromatic rings. The fourth-order valence-electron chi connectivity index (χ4n) is 3.00. The van der Waals surface area contributed by atoms with Gasteiger partial charge in [0, 0.05) is 22.9 Å². The van der Waals surface area contributed by atoms with Crippen LogP contribution in [0.4, 0.5) is 11.4 Å². The maximum Gasteiger partial charge on any atom is 0.175 e. The van der Waals surface area contributed by atoms with E-state index in [4.69, 9.17) is 23.8 Å². The highest BCUT2D eigenvalue weighted by molar-refractivity contribution is 7.80. The van der Waals surface area contributed by atoms with Crippen molar-refractivity contribution in [2.45, 2.75) is 26.3 Å². The van der Waals surface area contributed by atoms with Gasteiger partial charge < -0.3 is 10.6 Å². The zero-order valence-corrected chi connectivity index (χ0v) is 15.4. The van der Waals surface area contributed by atoms with Gasteiger partial charge >= 0.3 is 0 Å². The Kier molecular flexibility index (Phi) is 5.72. The van der Waals surface area contributed by atoms with Gasteiger partial charge in [0.2, 0.25) is 0 Å². The minimum Gasteiger partial charge on any atom is -0.332 e. The van der Waals surface area contributed by atoms with Gasteiger partial charge in [-0.05, 0) is 86.5 Å². The standard InChI is InChI=1S/C19H22ClN3S/c1-14-11-16(20)7-8-18(14)22-19(24)21-17-6-4-5-15(12-17)13-23-9-2-3-10-23/h4-8,11-12H,2-3,9-10,13H2,1H3,(H2,21,22,24). The van der Waals surface area contributed by atoms with Crippen molar-refractivity contribution in [1.82, 2.24) is 4.90 Å². The van der Waals surface area contributed by atoms with Crippen molar-refractivity contribution in [3.63, 3.8) is 0 Å². The second kappa shape index (κ2) is 7.97. The number of thiocarbonyl (C=S) groups is 1. The maximum atomic E-state index is 5.99. The summed E-state index contributed by atoms with van der Waals surface area (Å²) in [6.45, 7) is 5.42. The molecule has 24 heavy (non-hydrogen) atoms. The van der Waals surface area contributed by atoms with Crippen LogP contribution in [0.2, 0.25) is 5.02 Å². The van der Waals surface area contributed by atoms with E-state index >= 15 is 0 Å². The van der Waals surface area contributed by atoms with Crippen LogP contribution >= 0.6 is 23.8 Å². The van der Waals surface area contributed by atoms with Crippen LogP contribution in [0.5, 0.6) is 0 Å². The first-order valence-corrected chi connectivity index (χ1v) is 9.04. The maximum absolute atomic E-state index is 5.99. The van der Waals surface area contributed by atoms with E-state index in [1.807, 2.05) is 31.2 Å². The highest BCUT2D eigenvalue weighted by Gasteiger charge is 2.12. The largest absolute Gasteiger partial charge is 0.332 e. The molecule has 1 fully saturated rings. The number of nitrogens with one attached hydrogen (secondary N) is 2. The van der Waals surface area contributed by atoms with Gasteiger partial charge in [-0.25, -0.2) is 0 Å². The SMILES string of the molecule is Cc1cc(Cl)ccc1NC(=S)Nc1cccc(CN2CCCC2)c1. The van der Waals surface area contributed by atoms with Gasteiger partial charge in [-0.3, -0.25) is 4.90 Å². The molecule has 1 heterocycles. The number of hydrogen-bond donors (Lipinski definition) is 2. The number of aryl methyl sites for hydroxylation is 1. The van der Waals surface area contributed by atoms with Gasteiger partial charge in [0.15, 0.2) is 5.11 Å². The summed E-state index contributed by atoms with van der Waals surface area (Å²) in [5, 5.41) is 7.81. The Labute approximate surface area is 154 Å². The average Bonchev–Trinajstić information content (AvgIpc) is 3.03. The Morgan fingerprint density at radius 3 is 2.67 bits per heavy atom. The van der Waals surface area contributed by atoms with Crippen LogP contribution in [0.3, 0.4) is 0 Å². The lowest BCUT2D eigenvalue weighted by Crippen LogP contribution is -2.20.